The molecule has 1 unspecified atom stereocenters. The first kappa shape index (κ1) is 18.9. The van der Waals surface area contributed by atoms with Crippen LogP contribution in [0.2, 0.25) is 0 Å². The molecule has 0 heterocycles. The van der Waals surface area contributed by atoms with Crippen molar-refractivity contribution >= 4 is 22.1 Å². The van der Waals surface area contributed by atoms with Gasteiger partial charge >= 0.3 is 0 Å². The number of benzene rings is 5. The van der Waals surface area contributed by atoms with Crippen molar-refractivity contribution in [1.29, 1.82) is 0 Å². The molecule has 1 heteroatoms. The van der Waals surface area contributed by atoms with Crippen LogP contribution in [-0.4, -0.2) is 0 Å². The van der Waals surface area contributed by atoms with Crippen LogP contribution < -0.4 is 4.90 Å². The predicted molar refractivity (Wildman–Crippen MR) is 136 cm³/mol. The van der Waals surface area contributed by atoms with Gasteiger partial charge in [-0.05, 0) is 70.8 Å². The second-order valence-corrected chi connectivity index (χ2v) is 8.66. The fraction of sp³-hybridized carbons (Fsp3) is 0.0968. The van der Waals surface area contributed by atoms with Gasteiger partial charge in [-0.25, -0.2) is 0 Å². The molecule has 0 amide bonds. The molecule has 0 bridgehead atoms. The second kappa shape index (κ2) is 7.39. The number of hydrogen-bond acceptors (Lipinski definition) is 1. The molecule has 0 saturated carbocycles. The van der Waals surface area contributed by atoms with E-state index >= 15 is 0 Å². The van der Waals surface area contributed by atoms with Crippen molar-refractivity contribution in [2.45, 2.75) is 19.9 Å². The van der Waals surface area contributed by atoms with Gasteiger partial charge in [0.25, 0.3) is 0 Å². The Morgan fingerprint density at radius 3 is 2.19 bits per heavy atom. The van der Waals surface area contributed by atoms with E-state index in [1.807, 2.05) is 0 Å². The first-order chi connectivity index (χ1) is 15.7. The number of nitrogens with zero attached hydrogens (tertiary/aromatic N) is 1. The van der Waals surface area contributed by atoms with Crippen LogP contribution in [0.25, 0.3) is 21.9 Å². The van der Waals surface area contributed by atoms with E-state index in [1.165, 1.54) is 55.5 Å². The summed E-state index contributed by atoms with van der Waals surface area (Å²) in [5, 5.41) is 2.54. The monoisotopic (exact) mass is 411 g/mol. The summed E-state index contributed by atoms with van der Waals surface area (Å²) in [6, 6.07) is 39.8. The van der Waals surface area contributed by atoms with Crippen LogP contribution in [0.1, 0.15) is 28.3 Å². The van der Waals surface area contributed by atoms with Gasteiger partial charge in [-0.3, -0.25) is 0 Å². The minimum absolute atomic E-state index is 0.120. The highest BCUT2D eigenvalue weighted by atomic mass is 15.2. The largest absolute Gasteiger partial charge is 0.329 e. The Labute approximate surface area is 189 Å². The smallest absolute Gasteiger partial charge is 0.0859 e. The van der Waals surface area contributed by atoms with E-state index in [2.05, 4.69) is 128 Å². The van der Waals surface area contributed by atoms with Crippen molar-refractivity contribution in [3.8, 4) is 11.1 Å². The van der Waals surface area contributed by atoms with Crippen molar-refractivity contribution in [3.63, 3.8) is 0 Å². The van der Waals surface area contributed by atoms with Gasteiger partial charge in [0.05, 0.1) is 6.04 Å². The fourth-order valence-electron chi connectivity index (χ4n) is 5.26. The summed E-state index contributed by atoms with van der Waals surface area (Å²) in [6.45, 7) is 4.50. The standard InChI is InChI=1S/C31H25N/c1-21-19-20-27-26-16-8-9-17-28(26)31(30(27)22(21)2)32(24-13-4-3-5-14-24)29-18-10-12-23-11-6-7-15-25(23)29/h3-20,31H,1-2H3. The molecule has 1 aliphatic carbocycles. The first-order valence-corrected chi connectivity index (χ1v) is 11.3. The van der Waals surface area contributed by atoms with Gasteiger partial charge in [0.1, 0.15) is 0 Å². The van der Waals surface area contributed by atoms with Gasteiger partial charge in [0.2, 0.25) is 0 Å². The van der Waals surface area contributed by atoms with Gasteiger partial charge in [0, 0.05) is 16.8 Å². The summed E-state index contributed by atoms with van der Waals surface area (Å²) in [4.78, 5) is 2.54. The summed E-state index contributed by atoms with van der Waals surface area (Å²) in [6.07, 6.45) is 0. The van der Waals surface area contributed by atoms with Gasteiger partial charge in [0.15, 0.2) is 0 Å². The molecule has 32 heavy (non-hydrogen) atoms. The lowest BCUT2D eigenvalue weighted by atomic mass is 9.93. The lowest BCUT2D eigenvalue weighted by Crippen LogP contribution is -2.24. The molecule has 0 fully saturated rings. The van der Waals surface area contributed by atoms with Crippen molar-refractivity contribution in [3.05, 3.63) is 131 Å². The van der Waals surface area contributed by atoms with Gasteiger partial charge in [-0.15, -0.1) is 0 Å². The van der Waals surface area contributed by atoms with Crippen LogP contribution in [0, 0.1) is 13.8 Å². The molecular formula is C31H25N. The molecule has 0 aliphatic heterocycles. The fourth-order valence-corrected chi connectivity index (χ4v) is 5.26. The number of para-hydroxylation sites is 1. The molecule has 5 aromatic carbocycles. The van der Waals surface area contributed by atoms with Gasteiger partial charge < -0.3 is 4.90 Å². The summed E-state index contributed by atoms with van der Waals surface area (Å²) in [7, 11) is 0. The van der Waals surface area contributed by atoms with Gasteiger partial charge in [-0.1, -0.05) is 91.0 Å². The Morgan fingerprint density at radius 2 is 1.31 bits per heavy atom. The summed E-state index contributed by atoms with van der Waals surface area (Å²) in [5.74, 6) is 0. The molecule has 6 rings (SSSR count). The van der Waals surface area contributed by atoms with E-state index in [0.29, 0.717) is 0 Å². The highest BCUT2D eigenvalue weighted by Gasteiger charge is 2.36. The predicted octanol–water partition coefficient (Wildman–Crippen LogP) is 8.36. The normalized spacial score (nSPS) is 14.2. The third-order valence-electron chi connectivity index (χ3n) is 6.92. The molecular weight excluding hydrogens is 386 g/mol. The SMILES string of the molecule is Cc1ccc2c(c1C)C(N(c1ccccc1)c1cccc3ccccc13)c1ccccc1-2. The average Bonchev–Trinajstić information content (AvgIpc) is 3.17. The molecule has 0 saturated heterocycles. The maximum atomic E-state index is 2.54. The van der Waals surface area contributed by atoms with E-state index < -0.39 is 0 Å². The molecule has 0 N–H and O–H groups in total. The van der Waals surface area contributed by atoms with E-state index in [1.54, 1.807) is 0 Å². The average molecular weight is 412 g/mol. The van der Waals surface area contributed by atoms with Crippen LogP contribution in [0.3, 0.4) is 0 Å². The molecule has 1 atom stereocenters. The van der Waals surface area contributed by atoms with Crippen molar-refractivity contribution in [2.75, 3.05) is 4.90 Å². The number of anilines is 2. The summed E-state index contributed by atoms with van der Waals surface area (Å²) in [5.41, 5.74) is 10.7. The molecule has 0 aromatic heterocycles. The quantitative estimate of drug-likeness (QED) is 0.288. The van der Waals surface area contributed by atoms with Crippen LogP contribution in [-0.2, 0) is 0 Å². The lowest BCUT2D eigenvalue weighted by Gasteiger charge is -2.34. The van der Waals surface area contributed by atoms with Gasteiger partial charge in [-0.2, -0.15) is 0 Å². The minimum atomic E-state index is 0.120. The zero-order chi connectivity index (χ0) is 21.7. The van der Waals surface area contributed by atoms with Crippen LogP contribution in [0.4, 0.5) is 11.4 Å². The van der Waals surface area contributed by atoms with Crippen molar-refractivity contribution in [1.82, 2.24) is 0 Å². The zero-order valence-corrected chi connectivity index (χ0v) is 18.4. The molecule has 1 aliphatic rings. The zero-order valence-electron chi connectivity index (χ0n) is 18.4. The third kappa shape index (κ3) is 2.78. The number of rotatable bonds is 3. The molecule has 1 nitrogen and oxygen atoms in total. The second-order valence-electron chi connectivity index (χ2n) is 8.66. The highest BCUT2D eigenvalue weighted by molar-refractivity contribution is 5.97. The highest BCUT2D eigenvalue weighted by Crippen LogP contribution is 2.52. The maximum absolute atomic E-state index is 2.54. The Balaban J connectivity index is 1.70. The van der Waals surface area contributed by atoms with E-state index in [-0.39, 0.29) is 6.04 Å². The minimum Gasteiger partial charge on any atom is -0.329 e. The van der Waals surface area contributed by atoms with Crippen molar-refractivity contribution < 1.29 is 0 Å². The van der Waals surface area contributed by atoms with E-state index in [4.69, 9.17) is 0 Å². The number of hydrogen-bond donors (Lipinski definition) is 0. The molecule has 5 aromatic rings. The molecule has 0 radical (unpaired) electrons. The Morgan fingerprint density at radius 1 is 0.594 bits per heavy atom. The topological polar surface area (TPSA) is 3.24 Å². The Hall–Kier alpha value is -3.84. The first-order valence-electron chi connectivity index (χ1n) is 11.3. The van der Waals surface area contributed by atoms with Crippen molar-refractivity contribution in [2.24, 2.45) is 0 Å². The number of aryl methyl sites for hydroxylation is 1. The lowest BCUT2D eigenvalue weighted by molar-refractivity contribution is 0.836. The Kier molecular flexibility index (Phi) is 4.36. The Bertz CT molecular complexity index is 1440. The number of fused-ring (bicyclic) bond motifs is 4. The molecule has 0 spiro atoms. The summed E-state index contributed by atoms with van der Waals surface area (Å²) < 4.78 is 0. The maximum Gasteiger partial charge on any atom is 0.0859 e. The van der Waals surface area contributed by atoms with E-state index in [9.17, 15) is 0 Å². The van der Waals surface area contributed by atoms with E-state index in [0.717, 1.165) is 0 Å². The van der Waals surface area contributed by atoms with Crippen LogP contribution >= 0.6 is 0 Å². The van der Waals surface area contributed by atoms with Crippen LogP contribution in [0.15, 0.2) is 109 Å². The third-order valence-corrected chi connectivity index (χ3v) is 6.92. The molecule has 154 valence electrons. The van der Waals surface area contributed by atoms with Crippen LogP contribution in [0.5, 0.6) is 0 Å². The summed E-state index contributed by atoms with van der Waals surface area (Å²) >= 11 is 0.